The van der Waals surface area contributed by atoms with Gasteiger partial charge in [-0.25, -0.2) is 8.42 Å². The SMILES string of the molecule is CCNCc1cc(S(=O)(=O)N2CCSC(CC)C2)cn1C. The van der Waals surface area contributed by atoms with Gasteiger partial charge in [-0.2, -0.15) is 16.1 Å². The Morgan fingerprint density at radius 3 is 2.86 bits per heavy atom. The van der Waals surface area contributed by atoms with Crippen LogP contribution in [0.15, 0.2) is 17.2 Å². The Morgan fingerprint density at radius 1 is 1.43 bits per heavy atom. The quantitative estimate of drug-likeness (QED) is 0.861. The molecule has 0 saturated carbocycles. The Labute approximate surface area is 132 Å². The fraction of sp³-hybridized carbons (Fsp3) is 0.714. The van der Waals surface area contributed by atoms with Crippen molar-refractivity contribution in [2.75, 3.05) is 25.4 Å². The van der Waals surface area contributed by atoms with Gasteiger partial charge in [-0.1, -0.05) is 13.8 Å². The van der Waals surface area contributed by atoms with Crippen molar-refractivity contribution in [2.45, 2.75) is 37.0 Å². The van der Waals surface area contributed by atoms with E-state index in [1.54, 1.807) is 16.6 Å². The third-order valence-corrected chi connectivity index (χ3v) is 7.04. The molecule has 1 aliphatic rings. The van der Waals surface area contributed by atoms with Crippen LogP contribution in [0.4, 0.5) is 0 Å². The van der Waals surface area contributed by atoms with E-state index in [4.69, 9.17) is 0 Å². The predicted molar refractivity (Wildman–Crippen MR) is 88.1 cm³/mol. The van der Waals surface area contributed by atoms with Gasteiger partial charge in [-0.05, 0) is 19.0 Å². The summed E-state index contributed by atoms with van der Waals surface area (Å²) in [5, 5.41) is 3.65. The molecule has 1 aliphatic heterocycles. The van der Waals surface area contributed by atoms with Gasteiger partial charge in [0.15, 0.2) is 0 Å². The van der Waals surface area contributed by atoms with Gasteiger partial charge in [0.25, 0.3) is 0 Å². The molecule has 1 saturated heterocycles. The molecule has 21 heavy (non-hydrogen) atoms. The minimum Gasteiger partial charge on any atom is -0.352 e. The molecule has 0 bridgehead atoms. The molecule has 2 heterocycles. The van der Waals surface area contributed by atoms with Crippen LogP contribution in [0.5, 0.6) is 0 Å². The van der Waals surface area contributed by atoms with Crippen molar-refractivity contribution >= 4 is 21.8 Å². The van der Waals surface area contributed by atoms with Gasteiger partial charge in [0.1, 0.15) is 4.90 Å². The maximum absolute atomic E-state index is 12.8. The van der Waals surface area contributed by atoms with E-state index in [1.165, 1.54) is 0 Å². The summed E-state index contributed by atoms with van der Waals surface area (Å²) in [5.41, 5.74) is 0.994. The highest BCUT2D eigenvalue weighted by atomic mass is 32.2. The lowest BCUT2D eigenvalue weighted by Gasteiger charge is -2.30. The van der Waals surface area contributed by atoms with E-state index in [0.717, 1.165) is 24.4 Å². The minimum atomic E-state index is -3.36. The Hall–Kier alpha value is -0.500. The zero-order valence-corrected chi connectivity index (χ0v) is 14.6. The van der Waals surface area contributed by atoms with Crippen LogP contribution >= 0.6 is 11.8 Å². The standard InChI is InChI=1S/C14H25N3O2S2/c1-4-13-10-17(6-7-20-13)21(18,19)14-8-12(9-15-5-2)16(3)11-14/h8,11,13,15H,4-7,9-10H2,1-3H3. The lowest BCUT2D eigenvalue weighted by molar-refractivity contribution is 0.416. The maximum Gasteiger partial charge on any atom is 0.244 e. The number of aryl methyl sites for hydroxylation is 1. The highest BCUT2D eigenvalue weighted by Crippen LogP contribution is 2.26. The number of thioether (sulfide) groups is 1. The Morgan fingerprint density at radius 2 is 2.19 bits per heavy atom. The van der Waals surface area contributed by atoms with Gasteiger partial charge in [0.2, 0.25) is 10.0 Å². The van der Waals surface area contributed by atoms with Crippen LogP contribution in [0.25, 0.3) is 0 Å². The number of aromatic nitrogens is 1. The molecule has 1 fully saturated rings. The topological polar surface area (TPSA) is 54.3 Å². The molecule has 1 aromatic rings. The van der Waals surface area contributed by atoms with Crippen LogP contribution < -0.4 is 5.32 Å². The highest BCUT2D eigenvalue weighted by molar-refractivity contribution is 8.00. The van der Waals surface area contributed by atoms with E-state index in [-0.39, 0.29) is 0 Å². The number of sulfonamides is 1. The third-order valence-electron chi connectivity index (χ3n) is 3.83. The van der Waals surface area contributed by atoms with Gasteiger partial charge >= 0.3 is 0 Å². The Kier molecular flexibility index (Phi) is 5.76. The summed E-state index contributed by atoms with van der Waals surface area (Å²) in [5.74, 6) is 0.884. The van der Waals surface area contributed by atoms with E-state index in [2.05, 4.69) is 12.2 Å². The summed E-state index contributed by atoms with van der Waals surface area (Å²) in [6, 6.07) is 1.79. The summed E-state index contributed by atoms with van der Waals surface area (Å²) < 4.78 is 29.1. The van der Waals surface area contributed by atoms with Gasteiger partial charge in [0, 0.05) is 49.6 Å². The third kappa shape index (κ3) is 3.83. The molecule has 0 radical (unpaired) electrons. The van der Waals surface area contributed by atoms with E-state index < -0.39 is 10.0 Å². The molecule has 0 aromatic carbocycles. The molecule has 1 atom stereocenters. The molecule has 120 valence electrons. The van der Waals surface area contributed by atoms with Crippen molar-refractivity contribution < 1.29 is 8.42 Å². The first-order chi connectivity index (χ1) is 9.98. The molecule has 0 spiro atoms. The van der Waals surface area contributed by atoms with E-state index in [0.29, 0.717) is 29.8 Å². The second-order valence-corrected chi connectivity index (χ2v) is 8.67. The molecule has 7 heteroatoms. The molecule has 1 unspecified atom stereocenters. The van der Waals surface area contributed by atoms with Crippen molar-refractivity contribution in [1.82, 2.24) is 14.2 Å². The van der Waals surface area contributed by atoms with Crippen LogP contribution in [-0.2, 0) is 23.6 Å². The van der Waals surface area contributed by atoms with Crippen LogP contribution in [0, 0.1) is 0 Å². The van der Waals surface area contributed by atoms with E-state index in [9.17, 15) is 8.42 Å². The van der Waals surface area contributed by atoms with Crippen molar-refractivity contribution in [2.24, 2.45) is 7.05 Å². The molecule has 5 nitrogen and oxygen atoms in total. The Bertz CT molecular complexity index is 569. The first-order valence-corrected chi connectivity index (χ1v) is 9.95. The van der Waals surface area contributed by atoms with Crippen LogP contribution in [0.1, 0.15) is 26.0 Å². The average Bonchev–Trinajstić information content (AvgIpc) is 2.87. The lowest BCUT2D eigenvalue weighted by atomic mass is 10.3. The molecule has 1 aromatic heterocycles. The summed E-state index contributed by atoms with van der Waals surface area (Å²) in [7, 11) is -1.46. The van der Waals surface area contributed by atoms with E-state index in [1.807, 2.05) is 30.3 Å². The number of rotatable bonds is 6. The number of nitrogens with one attached hydrogen (secondary N) is 1. The van der Waals surface area contributed by atoms with Crippen LogP contribution in [0.3, 0.4) is 0 Å². The predicted octanol–water partition coefficient (Wildman–Crippen LogP) is 1.65. The van der Waals surface area contributed by atoms with Crippen molar-refractivity contribution in [3.63, 3.8) is 0 Å². The fourth-order valence-electron chi connectivity index (χ4n) is 2.45. The van der Waals surface area contributed by atoms with E-state index >= 15 is 0 Å². The molecular formula is C14H25N3O2S2. The zero-order chi connectivity index (χ0) is 15.5. The average molecular weight is 332 g/mol. The first-order valence-electron chi connectivity index (χ1n) is 7.46. The Balaban J connectivity index is 2.19. The second-order valence-electron chi connectivity index (χ2n) is 5.32. The fourth-order valence-corrected chi connectivity index (χ4v) is 5.43. The summed E-state index contributed by atoms with van der Waals surface area (Å²) in [6.45, 7) is 6.95. The monoisotopic (exact) mass is 331 g/mol. The van der Waals surface area contributed by atoms with Gasteiger partial charge in [0.05, 0.1) is 0 Å². The number of nitrogens with zero attached hydrogens (tertiary/aromatic N) is 2. The second kappa shape index (κ2) is 7.17. The van der Waals surface area contributed by atoms with Crippen LogP contribution in [-0.4, -0.2) is 47.9 Å². The van der Waals surface area contributed by atoms with Gasteiger partial charge in [-0.3, -0.25) is 0 Å². The lowest BCUT2D eigenvalue weighted by Crippen LogP contribution is -2.41. The number of hydrogen-bond acceptors (Lipinski definition) is 4. The van der Waals surface area contributed by atoms with Crippen molar-refractivity contribution in [3.05, 3.63) is 18.0 Å². The molecule has 0 amide bonds. The maximum atomic E-state index is 12.8. The molecule has 1 N–H and O–H groups in total. The van der Waals surface area contributed by atoms with Gasteiger partial charge in [-0.15, -0.1) is 0 Å². The van der Waals surface area contributed by atoms with Crippen molar-refractivity contribution in [1.29, 1.82) is 0 Å². The van der Waals surface area contributed by atoms with Crippen LogP contribution in [0.2, 0.25) is 0 Å². The normalized spacial score (nSPS) is 20.8. The number of hydrogen-bond donors (Lipinski definition) is 1. The summed E-state index contributed by atoms with van der Waals surface area (Å²) in [4.78, 5) is 0.416. The molecule has 2 rings (SSSR count). The minimum absolute atomic E-state index is 0.415. The van der Waals surface area contributed by atoms with Gasteiger partial charge < -0.3 is 9.88 Å². The molecular weight excluding hydrogens is 306 g/mol. The largest absolute Gasteiger partial charge is 0.352 e. The summed E-state index contributed by atoms with van der Waals surface area (Å²) in [6.07, 6.45) is 2.74. The molecule has 0 aliphatic carbocycles. The zero-order valence-electron chi connectivity index (χ0n) is 13.0. The van der Waals surface area contributed by atoms with Crippen molar-refractivity contribution in [3.8, 4) is 0 Å². The summed E-state index contributed by atoms with van der Waals surface area (Å²) >= 11 is 1.88. The highest BCUT2D eigenvalue weighted by Gasteiger charge is 2.30. The first kappa shape index (κ1) is 16.9. The smallest absolute Gasteiger partial charge is 0.244 e.